The molecule has 27 heavy (non-hydrogen) atoms. The van der Waals surface area contributed by atoms with Crippen LogP contribution in [0.3, 0.4) is 0 Å². The fourth-order valence-corrected chi connectivity index (χ4v) is 4.20. The van der Waals surface area contributed by atoms with E-state index in [0.29, 0.717) is 6.61 Å². The number of rotatable bonds is 7. The third-order valence-electron chi connectivity index (χ3n) is 4.70. The molecule has 0 bridgehead atoms. The van der Waals surface area contributed by atoms with Crippen LogP contribution < -0.4 is 0 Å². The van der Waals surface area contributed by atoms with Gasteiger partial charge in [-0.25, -0.2) is 4.98 Å². The Morgan fingerprint density at radius 3 is 2.67 bits per heavy atom. The minimum absolute atomic E-state index is 0.514. The summed E-state index contributed by atoms with van der Waals surface area (Å²) in [6, 6.07) is 21.7. The van der Waals surface area contributed by atoms with Crippen molar-refractivity contribution in [3.8, 4) is 0 Å². The van der Waals surface area contributed by atoms with Gasteiger partial charge in [0.15, 0.2) is 0 Å². The second kappa shape index (κ2) is 8.15. The van der Waals surface area contributed by atoms with E-state index in [9.17, 15) is 0 Å². The summed E-state index contributed by atoms with van der Waals surface area (Å²) in [5.74, 6) is 2.10. The summed E-state index contributed by atoms with van der Waals surface area (Å²) >= 11 is 1.90. The summed E-state index contributed by atoms with van der Waals surface area (Å²) in [5.41, 5.74) is 3.48. The maximum atomic E-state index is 5.41. The number of hydrogen-bond acceptors (Lipinski definition) is 3. The first kappa shape index (κ1) is 18.1. The van der Waals surface area contributed by atoms with Gasteiger partial charge in [-0.1, -0.05) is 43.3 Å². The van der Waals surface area contributed by atoms with Crippen molar-refractivity contribution in [2.45, 2.75) is 31.4 Å². The quantitative estimate of drug-likeness (QED) is 0.377. The summed E-state index contributed by atoms with van der Waals surface area (Å²) < 4.78 is 7.70. The zero-order valence-electron chi connectivity index (χ0n) is 15.8. The number of methoxy groups -OCH3 is 1. The summed E-state index contributed by atoms with van der Waals surface area (Å²) in [4.78, 5) is 6.11. The Labute approximate surface area is 164 Å². The summed E-state index contributed by atoms with van der Waals surface area (Å²) in [6.45, 7) is 3.52. The van der Waals surface area contributed by atoms with Gasteiger partial charge in [0.25, 0.3) is 0 Å². The van der Waals surface area contributed by atoms with Crippen LogP contribution in [0, 0.1) is 0 Å². The van der Waals surface area contributed by atoms with Crippen LogP contribution in [0.25, 0.3) is 21.8 Å². The van der Waals surface area contributed by atoms with E-state index < -0.39 is 0 Å². The minimum atomic E-state index is 0.514. The lowest BCUT2D eigenvalue weighted by Crippen LogP contribution is -2.06. The van der Waals surface area contributed by atoms with Gasteiger partial charge in [0.2, 0.25) is 0 Å². The molecule has 4 rings (SSSR count). The fraction of sp³-hybridized carbons (Fsp3) is 0.261. The van der Waals surface area contributed by atoms with Crippen LogP contribution in [-0.2, 0) is 17.9 Å². The van der Waals surface area contributed by atoms with E-state index in [1.54, 1.807) is 7.11 Å². The first-order valence-corrected chi connectivity index (χ1v) is 10.4. The number of nitrogens with zero attached hydrogens (tertiary/aromatic N) is 2. The van der Waals surface area contributed by atoms with Crippen molar-refractivity contribution in [1.29, 1.82) is 0 Å². The van der Waals surface area contributed by atoms with E-state index >= 15 is 0 Å². The van der Waals surface area contributed by atoms with Crippen LogP contribution in [0.2, 0.25) is 0 Å². The Morgan fingerprint density at radius 2 is 1.85 bits per heavy atom. The minimum Gasteiger partial charge on any atom is -0.377 e. The Balaban J connectivity index is 1.75. The number of hydrogen-bond donors (Lipinski definition) is 0. The molecule has 0 amide bonds. The molecule has 3 aromatic carbocycles. The molecular formula is C23H24N2OS. The smallest absolute Gasteiger partial charge is 0.136 e. The van der Waals surface area contributed by atoms with Crippen molar-refractivity contribution < 1.29 is 4.74 Å². The molecule has 4 heteroatoms. The number of benzene rings is 3. The molecule has 0 aliphatic carbocycles. The normalized spacial score (nSPS) is 11.5. The van der Waals surface area contributed by atoms with Gasteiger partial charge in [0, 0.05) is 18.6 Å². The zero-order valence-corrected chi connectivity index (χ0v) is 16.6. The van der Waals surface area contributed by atoms with Crippen molar-refractivity contribution in [2.24, 2.45) is 0 Å². The average Bonchev–Trinajstić information content (AvgIpc) is 3.03. The maximum absolute atomic E-state index is 5.41. The van der Waals surface area contributed by atoms with Crippen LogP contribution in [0.15, 0.2) is 65.6 Å². The van der Waals surface area contributed by atoms with E-state index in [0.717, 1.165) is 23.6 Å². The molecule has 0 aliphatic rings. The van der Waals surface area contributed by atoms with E-state index in [-0.39, 0.29) is 0 Å². The van der Waals surface area contributed by atoms with Gasteiger partial charge in [-0.2, -0.15) is 0 Å². The predicted molar refractivity (Wildman–Crippen MR) is 115 cm³/mol. The molecule has 0 unspecified atom stereocenters. The van der Waals surface area contributed by atoms with E-state index in [1.165, 1.54) is 33.2 Å². The summed E-state index contributed by atoms with van der Waals surface area (Å²) in [7, 11) is 1.72. The molecule has 0 N–H and O–H groups in total. The number of fused-ring (bicyclic) bond motifs is 2. The molecule has 0 spiro atoms. The van der Waals surface area contributed by atoms with Crippen molar-refractivity contribution in [3.05, 3.63) is 72.1 Å². The van der Waals surface area contributed by atoms with Crippen molar-refractivity contribution in [3.63, 3.8) is 0 Å². The maximum Gasteiger partial charge on any atom is 0.136 e. The SMILES string of the molecule is CCCSc1ccc2nc(COC)n(Cc3ccc4ccccc4c3)c2c1. The van der Waals surface area contributed by atoms with Crippen molar-refractivity contribution in [2.75, 3.05) is 12.9 Å². The van der Waals surface area contributed by atoms with Gasteiger partial charge < -0.3 is 9.30 Å². The first-order valence-electron chi connectivity index (χ1n) is 9.37. The number of ether oxygens (including phenoxy) is 1. The third-order valence-corrected chi connectivity index (χ3v) is 5.90. The fourth-order valence-electron chi connectivity index (χ4n) is 3.40. The van der Waals surface area contributed by atoms with Crippen molar-refractivity contribution >= 4 is 33.6 Å². The monoisotopic (exact) mass is 376 g/mol. The zero-order chi connectivity index (χ0) is 18.6. The van der Waals surface area contributed by atoms with Gasteiger partial charge >= 0.3 is 0 Å². The van der Waals surface area contributed by atoms with Gasteiger partial charge in [0.05, 0.1) is 11.0 Å². The Hall–Kier alpha value is -2.30. The van der Waals surface area contributed by atoms with Crippen molar-refractivity contribution in [1.82, 2.24) is 9.55 Å². The standard InChI is InChI=1S/C23H24N2OS/c1-3-12-27-20-10-11-21-22(14-20)25(23(24-21)16-26-2)15-17-8-9-18-6-4-5-7-19(18)13-17/h4-11,13-14H,3,12,15-16H2,1-2H3. The second-order valence-electron chi connectivity index (χ2n) is 6.73. The highest BCUT2D eigenvalue weighted by molar-refractivity contribution is 7.99. The molecule has 4 aromatic rings. The summed E-state index contributed by atoms with van der Waals surface area (Å²) in [5, 5.41) is 2.54. The van der Waals surface area contributed by atoms with Gasteiger partial charge in [-0.05, 0) is 52.8 Å². The van der Waals surface area contributed by atoms with Gasteiger partial charge in [-0.15, -0.1) is 11.8 Å². The highest BCUT2D eigenvalue weighted by atomic mass is 32.2. The molecule has 0 aliphatic heterocycles. The molecule has 1 heterocycles. The molecular weight excluding hydrogens is 352 g/mol. The second-order valence-corrected chi connectivity index (χ2v) is 7.90. The van der Waals surface area contributed by atoms with E-state index in [4.69, 9.17) is 9.72 Å². The Bertz CT molecular complexity index is 1070. The average molecular weight is 377 g/mol. The number of thioether (sulfide) groups is 1. The molecule has 138 valence electrons. The molecule has 0 fully saturated rings. The molecule has 0 atom stereocenters. The highest BCUT2D eigenvalue weighted by Gasteiger charge is 2.12. The van der Waals surface area contributed by atoms with E-state index in [2.05, 4.69) is 72.2 Å². The lowest BCUT2D eigenvalue weighted by molar-refractivity contribution is 0.175. The first-order chi connectivity index (χ1) is 13.3. The molecule has 0 saturated heterocycles. The summed E-state index contributed by atoms with van der Waals surface area (Å²) in [6.07, 6.45) is 1.17. The Morgan fingerprint density at radius 1 is 1.00 bits per heavy atom. The lowest BCUT2D eigenvalue weighted by Gasteiger charge is -2.11. The largest absolute Gasteiger partial charge is 0.377 e. The topological polar surface area (TPSA) is 27.1 Å². The number of imidazole rings is 1. The number of aromatic nitrogens is 2. The van der Waals surface area contributed by atoms with Gasteiger partial charge in [0.1, 0.15) is 12.4 Å². The predicted octanol–water partition coefficient (Wildman–Crippen LogP) is 5.89. The highest BCUT2D eigenvalue weighted by Crippen LogP contribution is 2.26. The third kappa shape index (κ3) is 3.87. The lowest BCUT2D eigenvalue weighted by atomic mass is 10.1. The van der Waals surface area contributed by atoms with Gasteiger partial charge in [-0.3, -0.25) is 0 Å². The van der Waals surface area contributed by atoms with Crippen LogP contribution in [-0.4, -0.2) is 22.4 Å². The molecule has 1 aromatic heterocycles. The van der Waals surface area contributed by atoms with Crippen LogP contribution in [0.1, 0.15) is 24.7 Å². The molecule has 3 nitrogen and oxygen atoms in total. The Kier molecular flexibility index (Phi) is 5.46. The van der Waals surface area contributed by atoms with Crippen LogP contribution >= 0.6 is 11.8 Å². The van der Waals surface area contributed by atoms with Crippen LogP contribution in [0.4, 0.5) is 0 Å². The van der Waals surface area contributed by atoms with Crippen LogP contribution in [0.5, 0.6) is 0 Å². The van der Waals surface area contributed by atoms with E-state index in [1.807, 2.05) is 11.8 Å². The molecule has 0 saturated carbocycles. The molecule has 0 radical (unpaired) electrons.